The van der Waals surface area contributed by atoms with Gasteiger partial charge in [0.1, 0.15) is 12.7 Å². The van der Waals surface area contributed by atoms with E-state index in [0.717, 1.165) is 12.2 Å². The predicted molar refractivity (Wildman–Crippen MR) is 56.6 cm³/mol. The first-order chi connectivity index (χ1) is 7.35. The normalized spacial score (nSPS) is 18.7. The van der Waals surface area contributed by atoms with Gasteiger partial charge in [0, 0.05) is 0 Å². The van der Waals surface area contributed by atoms with Gasteiger partial charge in [0.2, 0.25) is 5.75 Å². The highest BCUT2D eigenvalue weighted by Gasteiger charge is 2.23. The van der Waals surface area contributed by atoms with Crippen LogP contribution in [0, 0.1) is 0 Å². The lowest BCUT2D eigenvalue weighted by Crippen LogP contribution is -2.31. The first-order valence-electron chi connectivity index (χ1n) is 5.01. The molecular formula is C11H15NO3. The summed E-state index contributed by atoms with van der Waals surface area (Å²) < 4.78 is 16.5. The fraction of sp³-hybridized carbons (Fsp3) is 0.455. The second kappa shape index (κ2) is 4.40. The second-order valence-corrected chi connectivity index (χ2v) is 3.42. The zero-order valence-corrected chi connectivity index (χ0v) is 8.73. The third-order valence-electron chi connectivity index (χ3n) is 2.36. The number of hydrogen-bond donors (Lipinski definition) is 1. The maximum absolute atomic E-state index is 5.76. The maximum Gasteiger partial charge on any atom is 0.203 e. The molecular weight excluding hydrogens is 194 g/mol. The van der Waals surface area contributed by atoms with Gasteiger partial charge < -0.3 is 19.9 Å². The third-order valence-corrected chi connectivity index (χ3v) is 2.36. The largest absolute Gasteiger partial charge is 0.493 e. The average molecular weight is 209 g/mol. The minimum atomic E-state index is 0.0267. The summed E-state index contributed by atoms with van der Waals surface area (Å²) in [6, 6.07) is 5.60. The van der Waals surface area contributed by atoms with Crippen molar-refractivity contribution in [2.45, 2.75) is 12.5 Å². The molecule has 1 aliphatic heterocycles. The van der Waals surface area contributed by atoms with Crippen LogP contribution >= 0.6 is 0 Å². The molecule has 0 saturated carbocycles. The van der Waals surface area contributed by atoms with Gasteiger partial charge in [-0.1, -0.05) is 6.07 Å². The van der Waals surface area contributed by atoms with Crippen LogP contribution in [0.3, 0.4) is 0 Å². The summed E-state index contributed by atoms with van der Waals surface area (Å²) in [6.07, 6.45) is 0.816. The number of benzene rings is 1. The highest BCUT2D eigenvalue weighted by molar-refractivity contribution is 5.51. The molecule has 15 heavy (non-hydrogen) atoms. The Balaban J connectivity index is 2.22. The summed E-state index contributed by atoms with van der Waals surface area (Å²) in [6.45, 7) is 1.15. The molecule has 2 N–H and O–H groups in total. The van der Waals surface area contributed by atoms with E-state index in [-0.39, 0.29) is 6.10 Å². The molecule has 0 spiro atoms. The number of hydrogen-bond acceptors (Lipinski definition) is 4. The van der Waals surface area contributed by atoms with Crippen molar-refractivity contribution < 1.29 is 14.2 Å². The molecule has 1 heterocycles. The van der Waals surface area contributed by atoms with E-state index >= 15 is 0 Å². The van der Waals surface area contributed by atoms with Gasteiger partial charge in [-0.2, -0.15) is 0 Å². The highest BCUT2D eigenvalue weighted by Crippen LogP contribution is 2.40. The Morgan fingerprint density at radius 2 is 2.40 bits per heavy atom. The SMILES string of the molecule is COc1cccc2c1OC(CCN)CO2. The molecule has 0 fully saturated rings. The van der Waals surface area contributed by atoms with Crippen molar-refractivity contribution in [3.63, 3.8) is 0 Å². The van der Waals surface area contributed by atoms with Gasteiger partial charge in [-0.25, -0.2) is 0 Å². The zero-order chi connectivity index (χ0) is 10.7. The van der Waals surface area contributed by atoms with Crippen LogP contribution in [0.25, 0.3) is 0 Å². The van der Waals surface area contributed by atoms with Crippen LogP contribution in [-0.2, 0) is 0 Å². The standard InChI is InChI=1S/C11H15NO3/c1-13-9-3-2-4-10-11(9)15-8(5-6-12)7-14-10/h2-4,8H,5-7,12H2,1H3. The first kappa shape index (κ1) is 10.1. The van der Waals surface area contributed by atoms with Crippen molar-refractivity contribution in [1.29, 1.82) is 0 Å². The summed E-state index contributed by atoms with van der Waals surface area (Å²) in [5.74, 6) is 2.13. The van der Waals surface area contributed by atoms with Gasteiger partial charge in [0.25, 0.3) is 0 Å². The molecule has 0 amide bonds. The third kappa shape index (κ3) is 1.99. The topological polar surface area (TPSA) is 53.7 Å². The minimum absolute atomic E-state index is 0.0267. The molecule has 1 atom stereocenters. The van der Waals surface area contributed by atoms with Crippen LogP contribution < -0.4 is 19.9 Å². The number of methoxy groups -OCH3 is 1. The Labute approximate surface area is 88.9 Å². The van der Waals surface area contributed by atoms with Crippen LogP contribution in [0.5, 0.6) is 17.2 Å². The average Bonchev–Trinajstić information content (AvgIpc) is 2.28. The molecule has 2 rings (SSSR count). The van der Waals surface area contributed by atoms with E-state index in [1.54, 1.807) is 7.11 Å². The predicted octanol–water partition coefficient (Wildman–Crippen LogP) is 1.18. The minimum Gasteiger partial charge on any atom is -0.493 e. The zero-order valence-electron chi connectivity index (χ0n) is 8.73. The van der Waals surface area contributed by atoms with Crippen molar-refractivity contribution in [2.75, 3.05) is 20.3 Å². The van der Waals surface area contributed by atoms with E-state index in [1.807, 2.05) is 18.2 Å². The number of para-hydroxylation sites is 1. The van der Waals surface area contributed by atoms with Crippen LogP contribution in [-0.4, -0.2) is 26.4 Å². The second-order valence-electron chi connectivity index (χ2n) is 3.42. The van der Waals surface area contributed by atoms with Crippen LogP contribution in [0.2, 0.25) is 0 Å². The fourth-order valence-corrected chi connectivity index (χ4v) is 1.60. The van der Waals surface area contributed by atoms with Gasteiger partial charge in [-0.3, -0.25) is 0 Å². The number of rotatable bonds is 3. The van der Waals surface area contributed by atoms with E-state index in [4.69, 9.17) is 19.9 Å². The van der Waals surface area contributed by atoms with Crippen LogP contribution in [0.15, 0.2) is 18.2 Å². The van der Waals surface area contributed by atoms with Crippen molar-refractivity contribution in [2.24, 2.45) is 5.73 Å². The monoisotopic (exact) mass is 209 g/mol. The fourth-order valence-electron chi connectivity index (χ4n) is 1.60. The van der Waals surface area contributed by atoms with Crippen LogP contribution in [0.1, 0.15) is 6.42 Å². The van der Waals surface area contributed by atoms with E-state index in [9.17, 15) is 0 Å². The van der Waals surface area contributed by atoms with Gasteiger partial charge in [-0.05, 0) is 25.1 Å². The Morgan fingerprint density at radius 1 is 1.53 bits per heavy atom. The number of nitrogens with two attached hydrogens (primary N) is 1. The molecule has 4 heteroatoms. The van der Waals surface area contributed by atoms with Gasteiger partial charge >= 0.3 is 0 Å². The molecule has 0 bridgehead atoms. The molecule has 1 aromatic rings. The van der Waals surface area contributed by atoms with E-state index < -0.39 is 0 Å². The molecule has 0 aromatic heterocycles. The van der Waals surface area contributed by atoms with E-state index in [1.165, 1.54) is 0 Å². The van der Waals surface area contributed by atoms with Crippen molar-refractivity contribution in [1.82, 2.24) is 0 Å². The summed E-state index contributed by atoms with van der Waals surface area (Å²) in [5.41, 5.74) is 5.48. The van der Waals surface area contributed by atoms with E-state index in [0.29, 0.717) is 24.7 Å². The molecule has 0 saturated heterocycles. The summed E-state index contributed by atoms with van der Waals surface area (Å²) in [5, 5.41) is 0. The Bertz CT molecular complexity index is 326. The molecule has 4 nitrogen and oxygen atoms in total. The smallest absolute Gasteiger partial charge is 0.203 e. The van der Waals surface area contributed by atoms with Crippen molar-refractivity contribution in [3.8, 4) is 17.2 Å². The number of ether oxygens (including phenoxy) is 3. The van der Waals surface area contributed by atoms with E-state index in [2.05, 4.69) is 0 Å². The lowest BCUT2D eigenvalue weighted by atomic mass is 10.2. The molecule has 0 radical (unpaired) electrons. The number of fused-ring (bicyclic) bond motifs is 1. The van der Waals surface area contributed by atoms with Gasteiger partial charge in [-0.15, -0.1) is 0 Å². The van der Waals surface area contributed by atoms with Crippen LogP contribution in [0.4, 0.5) is 0 Å². The first-order valence-corrected chi connectivity index (χ1v) is 5.01. The summed E-state index contributed by atoms with van der Waals surface area (Å²) in [7, 11) is 1.62. The molecule has 0 aliphatic carbocycles. The van der Waals surface area contributed by atoms with Gasteiger partial charge in [0.15, 0.2) is 11.5 Å². The Kier molecular flexibility index (Phi) is 2.97. The molecule has 1 aromatic carbocycles. The summed E-state index contributed by atoms with van der Waals surface area (Å²) in [4.78, 5) is 0. The summed E-state index contributed by atoms with van der Waals surface area (Å²) >= 11 is 0. The molecule has 1 unspecified atom stereocenters. The lowest BCUT2D eigenvalue weighted by molar-refractivity contribution is 0.0827. The van der Waals surface area contributed by atoms with Gasteiger partial charge in [0.05, 0.1) is 7.11 Å². The van der Waals surface area contributed by atoms with Crippen molar-refractivity contribution >= 4 is 0 Å². The molecule has 1 aliphatic rings. The maximum atomic E-state index is 5.76. The Morgan fingerprint density at radius 3 is 3.13 bits per heavy atom. The highest BCUT2D eigenvalue weighted by atomic mass is 16.6. The Hall–Kier alpha value is -1.42. The molecule has 82 valence electrons. The quantitative estimate of drug-likeness (QED) is 0.812. The lowest BCUT2D eigenvalue weighted by Gasteiger charge is -2.27. The van der Waals surface area contributed by atoms with Crippen molar-refractivity contribution in [3.05, 3.63) is 18.2 Å².